The zero-order valence-corrected chi connectivity index (χ0v) is 20.0. The molecule has 34 heavy (non-hydrogen) atoms. The van der Waals surface area contributed by atoms with Gasteiger partial charge in [-0.15, -0.1) is 5.10 Å². The number of aromatic nitrogens is 3. The first-order chi connectivity index (χ1) is 16.6. The number of rotatable bonds is 6. The van der Waals surface area contributed by atoms with E-state index in [-0.39, 0.29) is 5.91 Å². The molecule has 4 aromatic rings. The van der Waals surface area contributed by atoms with Gasteiger partial charge in [-0.1, -0.05) is 84.0 Å². The third-order valence-electron chi connectivity index (χ3n) is 5.51. The molecule has 1 atom stereocenters. The minimum atomic E-state index is -0.404. The van der Waals surface area contributed by atoms with Crippen molar-refractivity contribution in [2.45, 2.75) is 23.9 Å². The van der Waals surface area contributed by atoms with E-state index in [2.05, 4.69) is 10.6 Å². The van der Waals surface area contributed by atoms with Gasteiger partial charge in [-0.3, -0.25) is 4.79 Å². The molecule has 1 aliphatic rings. The largest absolute Gasteiger partial charge is 0.328 e. The number of fused-ring (bicyclic) bond motifs is 1. The van der Waals surface area contributed by atoms with E-state index < -0.39 is 6.04 Å². The van der Waals surface area contributed by atoms with Gasteiger partial charge >= 0.3 is 0 Å². The predicted molar refractivity (Wildman–Crippen MR) is 137 cm³/mol. The van der Waals surface area contributed by atoms with Crippen LogP contribution >= 0.6 is 23.4 Å². The van der Waals surface area contributed by atoms with Crippen LogP contribution in [0.3, 0.4) is 0 Å². The molecule has 8 heteroatoms. The van der Waals surface area contributed by atoms with Gasteiger partial charge in [0.25, 0.3) is 5.91 Å². The summed E-state index contributed by atoms with van der Waals surface area (Å²) in [6, 6.07) is 26.7. The summed E-state index contributed by atoms with van der Waals surface area (Å²) >= 11 is 7.53. The van der Waals surface area contributed by atoms with Gasteiger partial charge in [0.2, 0.25) is 11.1 Å². The first kappa shape index (κ1) is 22.3. The lowest BCUT2D eigenvalue weighted by atomic mass is 9.95. The number of benzene rings is 3. The number of thioether (sulfide) groups is 1. The number of nitrogens with one attached hydrogen (secondary N) is 2. The standard InChI is InChI=1S/C26H22ClN5OS/c1-17-22(24(33)29-21-10-6-3-7-11-21)23(19-8-4-2-5-9-19)32-25(28-17)30-26(31-32)34-16-18-12-14-20(27)15-13-18/h2-15,23H,16H2,1H3,(H,29,33)(H,28,30,31)/t23-/m0/s1. The Kier molecular flexibility index (Phi) is 6.38. The lowest BCUT2D eigenvalue weighted by molar-refractivity contribution is -0.113. The summed E-state index contributed by atoms with van der Waals surface area (Å²) in [7, 11) is 0. The summed E-state index contributed by atoms with van der Waals surface area (Å²) in [4.78, 5) is 18.1. The molecule has 0 bridgehead atoms. The molecule has 1 amide bonds. The van der Waals surface area contributed by atoms with E-state index in [9.17, 15) is 4.79 Å². The molecule has 0 saturated carbocycles. The normalized spacial score (nSPS) is 14.9. The van der Waals surface area contributed by atoms with Crippen molar-refractivity contribution >= 4 is 40.9 Å². The highest BCUT2D eigenvalue weighted by molar-refractivity contribution is 7.98. The van der Waals surface area contributed by atoms with E-state index in [0.717, 1.165) is 22.5 Å². The van der Waals surface area contributed by atoms with Crippen molar-refractivity contribution in [1.82, 2.24) is 14.8 Å². The monoisotopic (exact) mass is 487 g/mol. The van der Waals surface area contributed by atoms with E-state index in [1.807, 2.05) is 91.9 Å². The quantitative estimate of drug-likeness (QED) is 0.319. The average molecular weight is 488 g/mol. The maximum atomic E-state index is 13.4. The SMILES string of the molecule is CC1=C(C(=O)Nc2ccccc2)[C@H](c2ccccc2)n2nc(SCc3ccc(Cl)cc3)nc2N1. The van der Waals surface area contributed by atoms with Crippen LogP contribution in [0.25, 0.3) is 0 Å². The summed E-state index contributed by atoms with van der Waals surface area (Å²) < 4.78 is 1.80. The molecule has 0 fully saturated rings. The first-order valence-electron chi connectivity index (χ1n) is 10.8. The molecule has 170 valence electrons. The predicted octanol–water partition coefficient (Wildman–Crippen LogP) is 6.15. The Labute approximate surface area is 207 Å². The van der Waals surface area contributed by atoms with E-state index in [1.54, 1.807) is 4.68 Å². The van der Waals surface area contributed by atoms with Crippen LogP contribution in [0.5, 0.6) is 0 Å². The van der Waals surface area contributed by atoms with Crippen LogP contribution in [0.4, 0.5) is 11.6 Å². The van der Waals surface area contributed by atoms with E-state index in [0.29, 0.717) is 27.5 Å². The summed E-state index contributed by atoms with van der Waals surface area (Å²) in [6.07, 6.45) is 0. The molecule has 0 radical (unpaired) electrons. The van der Waals surface area contributed by atoms with Crippen molar-refractivity contribution in [2.75, 3.05) is 10.6 Å². The molecule has 3 aromatic carbocycles. The molecule has 0 aliphatic carbocycles. The summed E-state index contributed by atoms with van der Waals surface area (Å²) in [5, 5.41) is 12.4. The Bertz CT molecular complexity index is 1340. The zero-order valence-electron chi connectivity index (χ0n) is 18.4. The van der Waals surface area contributed by atoms with Crippen LogP contribution in [-0.2, 0) is 10.5 Å². The van der Waals surface area contributed by atoms with Gasteiger partial charge in [0.1, 0.15) is 6.04 Å². The Balaban J connectivity index is 1.46. The first-order valence-corrected chi connectivity index (χ1v) is 12.2. The second-order valence-electron chi connectivity index (χ2n) is 7.87. The van der Waals surface area contributed by atoms with Crippen molar-refractivity contribution in [2.24, 2.45) is 0 Å². The zero-order chi connectivity index (χ0) is 23.5. The van der Waals surface area contributed by atoms with Gasteiger partial charge in [-0.2, -0.15) is 4.98 Å². The number of hydrogen-bond acceptors (Lipinski definition) is 5. The average Bonchev–Trinajstić information content (AvgIpc) is 3.26. The second kappa shape index (κ2) is 9.75. The third-order valence-corrected chi connectivity index (χ3v) is 6.67. The molecule has 0 saturated heterocycles. The molecular weight excluding hydrogens is 466 g/mol. The van der Waals surface area contributed by atoms with Crippen molar-refractivity contribution < 1.29 is 4.79 Å². The van der Waals surface area contributed by atoms with Crippen LogP contribution in [0.1, 0.15) is 24.1 Å². The molecule has 2 N–H and O–H groups in total. The van der Waals surface area contributed by atoms with Crippen molar-refractivity contribution in [3.8, 4) is 0 Å². The van der Waals surface area contributed by atoms with Crippen LogP contribution < -0.4 is 10.6 Å². The Morgan fingerprint density at radius 3 is 2.41 bits per heavy atom. The Morgan fingerprint density at radius 2 is 1.71 bits per heavy atom. The van der Waals surface area contributed by atoms with Gasteiger partial charge in [0.15, 0.2) is 0 Å². The minimum absolute atomic E-state index is 0.179. The van der Waals surface area contributed by atoms with Crippen molar-refractivity contribution in [1.29, 1.82) is 0 Å². The number of carbonyl (C=O) groups is 1. The molecule has 1 aromatic heterocycles. The van der Waals surface area contributed by atoms with Gasteiger partial charge in [-0.05, 0) is 42.3 Å². The molecule has 0 unspecified atom stereocenters. The third kappa shape index (κ3) is 4.71. The second-order valence-corrected chi connectivity index (χ2v) is 9.25. The number of amides is 1. The van der Waals surface area contributed by atoms with Crippen LogP contribution in [-0.4, -0.2) is 20.7 Å². The number of nitrogens with zero attached hydrogens (tertiary/aromatic N) is 3. The van der Waals surface area contributed by atoms with Crippen LogP contribution in [0.15, 0.2) is 101 Å². The number of hydrogen-bond donors (Lipinski definition) is 2. The van der Waals surface area contributed by atoms with Gasteiger partial charge in [-0.25, -0.2) is 4.68 Å². The highest BCUT2D eigenvalue weighted by atomic mass is 35.5. The highest BCUT2D eigenvalue weighted by Crippen LogP contribution is 2.37. The lowest BCUT2D eigenvalue weighted by Crippen LogP contribution is -2.31. The van der Waals surface area contributed by atoms with Gasteiger partial charge in [0.05, 0.1) is 5.57 Å². The molecule has 2 heterocycles. The maximum Gasteiger partial charge on any atom is 0.255 e. The number of halogens is 1. The lowest BCUT2D eigenvalue weighted by Gasteiger charge is -2.28. The number of allylic oxidation sites excluding steroid dienone is 1. The maximum absolute atomic E-state index is 13.4. The molecular formula is C26H22ClN5OS. The van der Waals surface area contributed by atoms with Gasteiger partial charge < -0.3 is 10.6 Å². The molecule has 1 aliphatic heterocycles. The topological polar surface area (TPSA) is 71.8 Å². The van der Waals surface area contributed by atoms with Gasteiger partial charge in [0, 0.05) is 22.2 Å². The fourth-order valence-corrected chi connectivity index (χ4v) is 4.79. The van der Waals surface area contributed by atoms with Crippen molar-refractivity contribution in [3.05, 3.63) is 112 Å². The fraction of sp³-hybridized carbons (Fsp3) is 0.115. The molecule has 6 nitrogen and oxygen atoms in total. The Hall–Kier alpha value is -3.55. The van der Waals surface area contributed by atoms with E-state index in [4.69, 9.17) is 21.7 Å². The minimum Gasteiger partial charge on any atom is -0.328 e. The number of carbonyl (C=O) groups excluding carboxylic acids is 1. The fourth-order valence-electron chi connectivity index (χ4n) is 3.88. The summed E-state index contributed by atoms with van der Waals surface area (Å²) in [5.41, 5.74) is 4.18. The summed E-state index contributed by atoms with van der Waals surface area (Å²) in [6.45, 7) is 1.90. The number of anilines is 2. The van der Waals surface area contributed by atoms with E-state index in [1.165, 1.54) is 11.8 Å². The van der Waals surface area contributed by atoms with Crippen LogP contribution in [0.2, 0.25) is 5.02 Å². The van der Waals surface area contributed by atoms with Crippen molar-refractivity contribution in [3.63, 3.8) is 0 Å². The van der Waals surface area contributed by atoms with Crippen LogP contribution in [0, 0.1) is 0 Å². The molecule has 0 spiro atoms. The highest BCUT2D eigenvalue weighted by Gasteiger charge is 2.34. The summed E-state index contributed by atoms with van der Waals surface area (Å²) in [5.74, 6) is 1.15. The van der Waals surface area contributed by atoms with E-state index >= 15 is 0 Å². The Morgan fingerprint density at radius 1 is 1.03 bits per heavy atom. The molecule has 5 rings (SSSR count). The smallest absolute Gasteiger partial charge is 0.255 e. The number of para-hydroxylation sites is 1.